The maximum Gasteiger partial charge on any atom is 0.338 e. The maximum atomic E-state index is 10.4. The number of hydrogen-bond donors (Lipinski definition) is 4. The second kappa shape index (κ2) is 11.5. The van der Waals surface area contributed by atoms with E-state index < -0.39 is 23.9 Å². The van der Waals surface area contributed by atoms with Crippen molar-refractivity contribution >= 4 is 23.9 Å². The van der Waals surface area contributed by atoms with Crippen LogP contribution in [-0.2, 0) is 14.3 Å². The molecule has 0 aliphatic carbocycles. The summed E-state index contributed by atoms with van der Waals surface area (Å²) in [6.45, 7) is 1.94. The standard InChI is InChI=1S/C8H6O4.C4H2O3.C4H10O2/c9-7(10)5-2-1-3-6(4-5)8(11)12;5-3-1-2-4(6)7-3;1-4(2-5)3-6/h1-4H,(H,9,10)(H,11,12);1-2H;4-6H,2-3H2,1H3. The molecule has 0 atom stereocenters. The third-order valence-corrected chi connectivity index (χ3v) is 2.54. The summed E-state index contributed by atoms with van der Waals surface area (Å²) in [6, 6.07) is 5.20. The van der Waals surface area contributed by atoms with Gasteiger partial charge in [-0.3, -0.25) is 0 Å². The molecule has 0 radical (unpaired) electrons. The van der Waals surface area contributed by atoms with E-state index in [1.54, 1.807) is 6.92 Å². The van der Waals surface area contributed by atoms with Crippen molar-refractivity contribution in [3.05, 3.63) is 47.5 Å². The van der Waals surface area contributed by atoms with Crippen molar-refractivity contribution in [2.24, 2.45) is 5.92 Å². The van der Waals surface area contributed by atoms with Crippen LogP contribution >= 0.6 is 0 Å². The number of carboxylic acid groups (broad SMARTS) is 2. The Balaban J connectivity index is 0.000000378. The first kappa shape index (κ1) is 22.0. The summed E-state index contributed by atoms with van der Waals surface area (Å²) in [6.07, 6.45) is 2.17. The van der Waals surface area contributed by atoms with Crippen LogP contribution in [0.5, 0.6) is 0 Å². The van der Waals surface area contributed by atoms with E-state index in [1.807, 2.05) is 0 Å². The zero-order valence-electron chi connectivity index (χ0n) is 13.3. The van der Waals surface area contributed by atoms with E-state index in [0.717, 1.165) is 18.2 Å². The average Bonchev–Trinajstić information content (AvgIpc) is 2.98. The van der Waals surface area contributed by atoms with Crippen LogP contribution in [0.3, 0.4) is 0 Å². The van der Waals surface area contributed by atoms with Gasteiger partial charge in [0.25, 0.3) is 0 Å². The fourth-order valence-corrected chi connectivity index (χ4v) is 1.15. The molecule has 0 saturated carbocycles. The van der Waals surface area contributed by atoms with Gasteiger partial charge in [0.05, 0.1) is 11.1 Å². The largest absolute Gasteiger partial charge is 0.478 e. The van der Waals surface area contributed by atoms with Crippen molar-refractivity contribution in [1.82, 2.24) is 0 Å². The van der Waals surface area contributed by atoms with E-state index >= 15 is 0 Å². The number of hydrogen-bond acceptors (Lipinski definition) is 7. The third kappa shape index (κ3) is 9.64. The number of esters is 2. The van der Waals surface area contributed by atoms with Gasteiger partial charge in [-0.1, -0.05) is 13.0 Å². The molecule has 25 heavy (non-hydrogen) atoms. The van der Waals surface area contributed by atoms with Crippen LogP contribution in [0.4, 0.5) is 0 Å². The van der Waals surface area contributed by atoms with Crippen LogP contribution in [0.25, 0.3) is 0 Å². The molecule has 4 N–H and O–H groups in total. The molecule has 1 aliphatic rings. The number of carbonyl (C=O) groups is 4. The Hall–Kier alpha value is -3.04. The van der Waals surface area contributed by atoms with Crippen molar-refractivity contribution in [3.63, 3.8) is 0 Å². The topological polar surface area (TPSA) is 158 Å². The number of aromatic carboxylic acids is 2. The fraction of sp³-hybridized carbons (Fsp3) is 0.250. The van der Waals surface area contributed by atoms with Crippen LogP contribution in [0.2, 0.25) is 0 Å². The van der Waals surface area contributed by atoms with Gasteiger partial charge in [-0.05, 0) is 18.2 Å². The molecule has 0 bridgehead atoms. The highest BCUT2D eigenvalue weighted by Crippen LogP contribution is 2.04. The number of cyclic esters (lactones) is 2. The first-order chi connectivity index (χ1) is 11.7. The van der Waals surface area contributed by atoms with E-state index in [1.165, 1.54) is 18.2 Å². The number of carbonyl (C=O) groups excluding carboxylic acids is 2. The molecule has 0 fully saturated rings. The number of rotatable bonds is 4. The second-order valence-corrected chi connectivity index (χ2v) is 4.73. The van der Waals surface area contributed by atoms with Gasteiger partial charge in [-0.25, -0.2) is 19.2 Å². The maximum absolute atomic E-state index is 10.4. The van der Waals surface area contributed by atoms with Crippen molar-refractivity contribution in [2.75, 3.05) is 13.2 Å². The van der Waals surface area contributed by atoms with Crippen LogP contribution in [0.1, 0.15) is 27.6 Å². The molecule has 0 amide bonds. The number of carboxylic acids is 2. The molecular formula is C16H18O9. The first-order valence-electron chi connectivity index (χ1n) is 6.93. The Kier molecular flexibility index (Phi) is 10.1. The predicted molar refractivity (Wildman–Crippen MR) is 83.9 cm³/mol. The van der Waals surface area contributed by atoms with E-state index in [-0.39, 0.29) is 30.3 Å². The predicted octanol–water partition coefficient (Wildman–Crippen LogP) is 0.316. The Morgan fingerprint density at radius 2 is 1.36 bits per heavy atom. The minimum Gasteiger partial charge on any atom is -0.478 e. The lowest BCUT2D eigenvalue weighted by molar-refractivity contribution is -0.150. The molecule has 1 aromatic carbocycles. The first-order valence-corrected chi connectivity index (χ1v) is 6.93. The summed E-state index contributed by atoms with van der Waals surface area (Å²) in [5.74, 6) is -3.36. The normalized spacial score (nSPS) is 11.8. The van der Waals surface area contributed by atoms with E-state index in [0.29, 0.717) is 0 Å². The zero-order valence-corrected chi connectivity index (χ0v) is 13.3. The molecule has 2 rings (SSSR count). The lowest BCUT2D eigenvalue weighted by atomic mass is 10.1. The summed E-state index contributed by atoms with van der Waals surface area (Å²) in [5.41, 5.74) is -0.0372. The van der Waals surface area contributed by atoms with Crippen molar-refractivity contribution in [1.29, 1.82) is 0 Å². The summed E-state index contributed by atoms with van der Waals surface area (Å²) in [4.78, 5) is 40.6. The Morgan fingerprint density at radius 1 is 0.960 bits per heavy atom. The number of aliphatic hydroxyl groups excluding tert-OH is 2. The quantitative estimate of drug-likeness (QED) is 0.441. The highest BCUT2D eigenvalue weighted by atomic mass is 16.6. The lowest BCUT2D eigenvalue weighted by Gasteiger charge is -1.97. The molecule has 0 saturated heterocycles. The van der Waals surface area contributed by atoms with Gasteiger partial charge in [-0.2, -0.15) is 0 Å². The van der Waals surface area contributed by atoms with Gasteiger partial charge in [0.2, 0.25) is 0 Å². The molecule has 136 valence electrons. The molecule has 0 unspecified atom stereocenters. The van der Waals surface area contributed by atoms with E-state index in [4.69, 9.17) is 20.4 Å². The molecular weight excluding hydrogens is 336 g/mol. The third-order valence-electron chi connectivity index (χ3n) is 2.54. The Bertz CT molecular complexity index is 600. The molecule has 9 heteroatoms. The van der Waals surface area contributed by atoms with Gasteiger partial charge >= 0.3 is 23.9 Å². The summed E-state index contributed by atoms with van der Waals surface area (Å²) in [7, 11) is 0. The van der Waals surface area contributed by atoms with Crippen molar-refractivity contribution in [3.8, 4) is 0 Å². The number of aliphatic hydroxyl groups is 2. The SMILES string of the molecule is CC(CO)CO.O=C(O)c1cccc(C(=O)O)c1.O=C1C=CC(=O)O1. The van der Waals surface area contributed by atoms with E-state index in [2.05, 4.69) is 4.74 Å². The monoisotopic (exact) mass is 354 g/mol. The van der Waals surface area contributed by atoms with Crippen molar-refractivity contribution in [2.45, 2.75) is 6.92 Å². The van der Waals surface area contributed by atoms with Crippen LogP contribution in [0, 0.1) is 5.92 Å². The van der Waals surface area contributed by atoms with Gasteiger partial charge in [0, 0.05) is 31.3 Å². The molecule has 1 aliphatic heterocycles. The summed E-state index contributed by atoms with van der Waals surface area (Å²) < 4.78 is 3.97. The molecule has 0 aromatic heterocycles. The van der Waals surface area contributed by atoms with Crippen LogP contribution in [0.15, 0.2) is 36.4 Å². The number of ether oxygens (including phenoxy) is 1. The Labute approximate surface area is 142 Å². The minimum atomic E-state index is -1.13. The van der Waals surface area contributed by atoms with Gasteiger partial charge in [0.1, 0.15) is 0 Å². The minimum absolute atomic E-state index is 0.0186. The lowest BCUT2D eigenvalue weighted by Crippen LogP contribution is -2.04. The molecule has 0 spiro atoms. The number of benzene rings is 1. The Morgan fingerprint density at radius 3 is 1.56 bits per heavy atom. The average molecular weight is 354 g/mol. The highest BCUT2D eigenvalue weighted by molar-refractivity contribution is 6.04. The van der Waals surface area contributed by atoms with Crippen LogP contribution < -0.4 is 0 Å². The molecule has 1 aromatic rings. The summed E-state index contributed by atoms with van der Waals surface area (Å²) >= 11 is 0. The van der Waals surface area contributed by atoms with Gasteiger partial charge in [-0.15, -0.1) is 0 Å². The highest BCUT2D eigenvalue weighted by Gasteiger charge is 2.10. The van der Waals surface area contributed by atoms with E-state index in [9.17, 15) is 19.2 Å². The van der Waals surface area contributed by atoms with Crippen molar-refractivity contribution < 1.29 is 44.3 Å². The van der Waals surface area contributed by atoms with Gasteiger partial charge < -0.3 is 25.2 Å². The van der Waals surface area contributed by atoms with Gasteiger partial charge in [0.15, 0.2) is 0 Å². The molecule has 1 heterocycles. The fourth-order valence-electron chi connectivity index (χ4n) is 1.15. The summed E-state index contributed by atoms with van der Waals surface area (Å²) in [5, 5.41) is 33.3. The molecule has 9 nitrogen and oxygen atoms in total. The second-order valence-electron chi connectivity index (χ2n) is 4.73. The zero-order chi connectivity index (χ0) is 19.4. The smallest absolute Gasteiger partial charge is 0.338 e. The van der Waals surface area contributed by atoms with Crippen LogP contribution in [-0.4, -0.2) is 57.5 Å².